The van der Waals surface area contributed by atoms with Gasteiger partial charge in [-0.25, -0.2) is 0 Å². The minimum atomic E-state index is -0.195. The van der Waals surface area contributed by atoms with E-state index >= 15 is 0 Å². The lowest BCUT2D eigenvalue weighted by Crippen LogP contribution is -2.20. The summed E-state index contributed by atoms with van der Waals surface area (Å²) in [6, 6.07) is 0. The maximum atomic E-state index is 9.21. The SMILES string of the molecule is C=CCC(C)(CC)CC(C)O. The highest BCUT2D eigenvalue weighted by Gasteiger charge is 2.21. The third-order valence-corrected chi connectivity index (χ3v) is 2.28. The van der Waals surface area contributed by atoms with Gasteiger partial charge in [0.2, 0.25) is 0 Å². The van der Waals surface area contributed by atoms with Crippen LogP contribution in [-0.4, -0.2) is 11.2 Å². The lowest BCUT2D eigenvalue weighted by atomic mass is 9.79. The summed E-state index contributed by atoms with van der Waals surface area (Å²) < 4.78 is 0. The summed E-state index contributed by atoms with van der Waals surface area (Å²) in [5, 5.41) is 9.21. The molecule has 1 N–H and O–H groups in total. The summed E-state index contributed by atoms with van der Waals surface area (Å²) in [6.45, 7) is 9.92. The van der Waals surface area contributed by atoms with Crippen molar-refractivity contribution in [3.63, 3.8) is 0 Å². The van der Waals surface area contributed by atoms with Gasteiger partial charge in [-0.2, -0.15) is 0 Å². The fourth-order valence-corrected chi connectivity index (χ4v) is 1.43. The van der Waals surface area contributed by atoms with Crippen molar-refractivity contribution in [3.8, 4) is 0 Å². The number of hydrogen-bond acceptors (Lipinski definition) is 1. The van der Waals surface area contributed by atoms with Crippen molar-refractivity contribution in [1.82, 2.24) is 0 Å². The van der Waals surface area contributed by atoms with E-state index in [1.807, 2.05) is 13.0 Å². The smallest absolute Gasteiger partial charge is 0.0517 e. The topological polar surface area (TPSA) is 20.2 Å². The highest BCUT2D eigenvalue weighted by atomic mass is 16.3. The zero-order chi connectivity index (χ0) is 8.91. The summed E-state index contributed by atoms with van der Waals surface area (Å²) >= 11 is 0. The average molecular weight is 156 g/mol. The molecule has 0 aromatic rings. The summed E-state index contributed by atoms with van der Waals surface area (Å²) in [7, 11) is 0. The van der Waals surface area contributed by atoms with Gasteiger partial charge in [0.15, 0.2) is 0 Å². The van der Waals surface area contributed by atoms with Crippen LogP contribution in [0.4, 0.5) is 0 Å². The lowest BCUT2D eigenvalue weighted by Gasteiger charge is -2.28. The van der Waals surface area contributed by atoms with Crippen LogP contribution >= 0.6 is 0 Å². The molecule has 0 fully saturated rings. The van der Waals surface area contributed by atoms with Gasteiger partial charge < -0.3 is 5.11 Å². The fraction of sp³-hybridized carbons (Fsp3) is 0.800. The van der Waals surface area contributed by atoms with Crippen molar-refractivity contribution in [2.75, 3.05) is 0 Å². The quantitative estimate of drug-likeness (QED) is 0.607. The molecule has 0 aromatic carbocycles. The zero-order valence-corrected chi connectivity index (χ0v) is 7.93. The first-order chi connectivity index (χ1) is 5.04. The highest BCUT2D eigenvalue weighted by molar-refractivity contribution is 4.83. The molecule has 0 spiro atoms. The number of rotatable bonds is 5. The van der Waals surface area contributed by atoms with Crippen molar-refractivity contribution < 1.29 is 5.11 Å². The molecule has 0 rings (SSSR count). The van der Waals surface area contributed by atoms with Gasteiger partial charge in [-0.3, -0.25) is 0 Å². The maximum Gasteiger partial charge on any atom is 0.0517 e. The highest BCUT2D eigenvalue weighted by Crippen LogP contribution is 2.31. The summed E-state index contributed by atoms with van der Waals surface area (Å²) in [6.07, 6.45) is 4.71. The molecule has 66 valence electrons. The van der Waals surface area contributed by atoms with Crippen molar-refractivity contribution in [1.29, 1.82) is 0 Å². The minimum absolute atomic E-state index is 0.195. The second-order valence-corrected chi connectivity index (χ2v) is 3.71. The molecule has 0 radical (unpaired) electrons. The van der Waals surface area contributed by atoms with Gasteiger partial charge in [-0.15, -0.1) is 6.58 Å². The molecule has 0 heterocycles. The second-order valence-electron chi connectivity index (χ2n) is 3.71. The first kappa shape index (κ1) is 10.7. The maximum absolute atomic E-state index is 9.21. The molecule has 0 aliphatic heterocycles. The Hall–Kier alpha value is -0.300. The molecule has 0 saturated carbocycles. The van der Waals surface area contributed by atoms with Crippen LogP contribution in [0.1, 0.15) is 40.0 Å². The molecule has 1 nitrogen and oxygen atoms in total. The van der Waals surface area contributed by atoms with E-state index in [-0.39, 0.29) is 11.5 Å². The van der Waals surface area contributed by atoms with Crippen molar-refractivity contribution in [3.05, 3.63) is 12.7 Å². The Labute approximate surface area is 70.1 Å². The minimum Gasteiger partial charge on any atom is -0.393 e. The van der Waals surface area contributed by atoms with Crippen LogP contribution in [-0.2, 0) is 0 Å². The molecule has 11 heavy (non-hydrogen) atoms. The van der Waals surface area contributed by atoms with E-state index in [2.05, 4.69) is 20.4 Å². The Morgan fingerprint density at radius 2 is 2.18 bits per heavy atom. The zero-order valence-electron chi connectivity index (χ0n) is 7.93. The van der Waals surface area contributed by atoms with Crippen LogP contribution in [0.5, 0.6) is 0 Å². The van der Waals surface area contributed by atoms with Gasteiger partial charge in [0.05, 0.1) is 6.10 Å². The standard InChI is InChI=1S/C10H20O/c1-5-7-10(4,6-2)8-9(3)11/h5,9,11H,1,6-8H2,2-4H3. The van der Waals surface area contributed by atoms with E-state index in [9.17, 15) is 5.11 Å². The molecule has 0 aromatic heterocycles. The van der Waals surface area contributed by atoms with E-state index in [0.29, 0.717) is 0 Å². The van der Waals surface area contributed by atoms with Gasteiger partial charge in [-0.1, -0.05) is 26.3 Å². The Morgan fingerprint density at radius 3 is 2.45 bits per heavy atom. The van der Waals surface area contributed by atoms with E-state index in [1.54, 1.807) is 0 Å². The van der Waals surface area contributed by atoms with Gasteiger partial charge in [0, 0.05) is 0 Å². The van der Waals surface area contributed by atoms with Crippen LogP contribution in [0.15, 0.2) is 12.7 Å². The first-order valence-electron chi connectivity index (χ1n) is 4.33. The summed E-state index contributed by atoms with van der Waals surface area (Å²) in [4.78, 5) is 0. The Kier molecular flexibility index (Phi) is 4.43. The van der Waals surface area contributed by atoms with Crippen LogP contribution in [0, 0.1) is 5.41 Å². The van der Waals surface area contributed by atoms with E-state index in [0.717, 1.165) is 19.3 Å². The number of hydrogen-bond donors (Lipinski definition) is 1. The molecule has 0 aliphatic carbocycles. The predicted molar refractivity (Wildman–Crippen MR) is 49.5 cm³/mol. The Balaban J connectivity index is 3.97. The lowest BCUT2D eigenvalue weighted by molar-refractivity contribution is 0.119. The molecule has 0 aliphatic rings. The largest absolute Gasteiger partial charge is 0.393 e. The van der Waals surface area contributed by atoms with Crippen LogP contribution in [0.2, 0.25) is 0 Å². The third-order valence-electron chi connectivity index (χ3n) is 2.28. The molecule has 0 amide bonds. The van der Waals surface area contributed by atoms with Crippen molar-refractivity contribution in [2.45, 2.75) is 46.1 Å². The molecule has 2 atom stereocenters. The summed E-state index contributed by atoms with van der Waals surface area (Å²) in [5.41, 5.74) is 0.246. The number of aliphatic hydroxyl groups is 1. The normalized spacial score (nSPS) is 18.9. The fourth-order valence-electron chi connectivity index (χ4n) is 1.43. The Bertz CT molecular complexity index is 118. The van der Waals surface area contributed by atoms with Gasteiger partial charge >= 0.3 is 0 Å². The number of aliphatic hydroxyl groups excluding tert-OH is 1. The predicted octanol–water partition coefficient (Wildman–Crippen LogP) is 2.75. The Morgan fingerprint density at radius 1 is 1.64 bits per heavy atom. The third kappa shape index (κ3) is 4.20. The summed E-state index contributed by atoms with van der Waals surface area (Å²) in [5.74, 6) is 0. The molecule has 0 saturated heterocycles. The van der Waals surface area contributed by atoms with Crippen LogP contribution in [0.25, 0.3) is 0 Å². The van der Waals surface area contributed by atoms with Gasteiger partial charge in [0.25, 0.3) is 0 Å². The molecule has 0 bridgehead atoms. The number of allylic oxidation sites excluding steroid dienone is 1. The van der Waals surface area contributed by atoms with Gasteiger partial charge in [-0.05, 0) is 25.2 Å². The van der Waals surface area contributed by atoms with E-state index in [1.165, 1.54) is 0 Å². The van der Waals surface area contributed by atoms with Crippen LogP contribution in [0.3, 0.4) is 0 Å². The first-order valence-corrected chi connectivity index (χ1v) is 4.33. The molecular weight excluding hydrogens is 136 g/mol. The van der Waals surface area contributed by atoms with E-state index < -0.39 is 0 Å². The molecule has 1 heteroatoms. The van der Waals surface area contributed by atoms with Crippen molar-refractivity contribution >= 4 is 0 Å². The monoisotopic (exact) mass is 156 g/mol. The van der Waals surface area contributed by atoms with Gasteiger partial charge in [0.1, 0.15) is 0 Å². The molecular formula is C10H20O. The second kappa shape index (κ2) is 4.55. The molecule has 2 unspecified atom stereocenters. The van der Waals surface area contributed by atoms with Crippen molar-refractivity contribution in [2.24, 2.45) is 5.41 Å². The average Bonchev–Trinajstić information content (AvgIpc) is 1.87. The van der Waals surface area contributed by atoms with Crippen LogP contribution < -0.4 is 0 Å². The van der Waals surface area contributed by atoms with E-state index in [4.69, 9.17) is 0 Å².